The van der Waals surface area contributed by atoms with E-state index in [-0.39, 0.29) is 5.41 Å². The lowest BCUT2D eigenvalue weighted by Gasteiger charge is -2.38. The summed E-state index contributed by atoms with van der Waals surface area (Å²) in [6, 6.07) is 0.728. The summed E-state index contributed by atoms with van der Waals surface area (Å²) in [5.74, 6) is 1.00. The highest BCUT2D eigenvalue weighted by Crippen LogP contribution is 2.32. The van der Waals surface area contributed by atoms with Gasteiger partial charge in [0.15, 0.2) is 0 Å². The van der Waals surface area contributed by atoms with Gasteiger partial charge in [-0.25, -0.2) is 0 Å². The van der Waals surface area contributed by atoms with E-state index in [1.165, 1.54) is 38.6 Å². The molecule has 1 atom stereocenters. The van der Waals surface area contributed by atoms with Crippen LogP contribution in [0.25, 0.3) is 0 Å². The summed E-state index contributed by atoms with van der Waals surface area (Å²) in [6.07, 6.45) is 7.02. The van der Waals surface area contributed by atoms with Gasteiger partial charge < -0.3 is 10.6 Å². The Bertz CT molecular complexity index is 209. The van der Waals surface area contributed by atoms with Gasteiger partial charge in [-0.15, -0.1) is 0 Å². The van der Waals surface area contributed by atoms with Crippen molar-refractivity contribution in [3.8, 4) is 0 Å². The molecule has 17 heavy (non-hydrogen) atoms. The molecule has 1 aliphatic carbocycles. The van der Waals surface area contributed by atoms with Gasteiger partial charge in [-0.05, 0) is 44.2 Å². The Morgan fingerprint density at radius 2 is 2.00 bits per heavy atom. The van der Waals surface area contributed by atoms with E-state index in [0.29, 0.717) is 0 Å². The highest BCUT2D eigenvalue weighted by molar-refractivity contribution is 4.81. The van der Waals surface area contributed by atoms with Crippen LogP contribution in [0.3, 0.4) is 0 Å². The SMILES string of the molecule is CCCN(CC(C)(C)CN)C(C)CC1CCC1. The van der Waals surface area contributed by atoms with Gasteiger partial charge in [0.2, 0.25) is 0 Å². The average Bonchev–Trinajstić information content (AvgIpc) is 2.22. The number of nitrogens with two attached hydrogens (primary N) is 1. The lowest BCUT2D eigenvalue weighted by molar-refractivity contribution is 0.110. The lowest BCUT2D eigenvalue weighted by Crippen LogP contribution is -2.44. The molecule has 1 unspecified atom stereocenters. The normalized spacial score (nSPS) is 19.4. The maximum atomic E-state index is 5.86. The molecule has 1 rings (SSSR count). The molecule has 2 heteroatoms. The Labute approximate surface area is 108 Å². The minimum atomic E-state index is 0.253. The zero-order valence-corrected chi connectivity index (χ0v) is 12.3. The maximum absolute atomic E-state index is 5.86. The second kappa shape index (κ2) is 6.75. The van der Waals surface area contributed by atoms with E-state index in [2.05, 4.69) is 32.6 Å². The first-order valence-corrected chi connectivity index (χ1v) is 7.42. The molecular weight excluding hydrogens is 208 g/mol. The second-order valence-corrected chi connectivity index (χ2v) is 6.72. The molecule has 1 fully saturated rings. The summed E-state index contributed by atoms with van der Waals surface area (Å²) in [5, 5.41) is 0. The smallest absolute Gasteiger partial charge is 0.00698 e. The fraction of sp³-hybridized carbons (Fsp3) is 1.00. The molecule has 0 aromatic heterocycles. The van der Waals surface area contributed by atoms with E-state index in [4.69, 9.17) is 5.73 Å². The van der Waals surface area contributed by atoms with Crippen molar-refractivity contribution in [1.29, 1.82) is 0 Å². The molecule has 0 radical (unpaired) electrons. The summed E-state index contributed by atoms with van der Waals surface area (Å²) in [4.78, 5) is 2.66. The molecule has 1 saturated carbocycles. The van der Waals surface area contributed by atoms with Crippen LogP contribution in [0.4, 0.5) is 0 Å². The molecule has 102 valence electrons. The molecule has 2 N–H and O–H groups in total. The van der Waals surface area contributed by atoms with Crippen molar-refractivity contribution in [1.82, 2.24) is 4.90 Å². The van der Waals surface area contributed by atoms with Gasteiger partial charge in [0.05, 0.1) is 0 Å². The molecule has 0 heterocycles. The second-order valence-electron chi connectivity index (χ2n) is 6.72. The van der Waals surface area contributed by atoms with Crippen molar-refractivity contribution in [3.63, 3.8) is 0 Å². The highest BCUT2D eigenvalue weighted by Gasteiger charge is 2.26. The zero-order valence-electron chi connectivity index (χ0n) is 12.3. The average molecular weight is 240 g/mol. The molecule has 1 aliphatic rings. The summed E-state index contributed by atoms with van der Waals surface area (Å²) in [7, 11) is 0. The topological polar surface area (TPSA) is 29.3 Å². The van der Waals surface area contributed by atoms with Crippen molar-refractivity contribution < 1.29 is 0 Å². The molecule has 0 amide bonds. The molecule has 0 aromatic carbocycles. The summed E-state index contributed by atoms with van der Waals surface area (Å²) in [5.41, 5.74) is 6.12. The Kier molecular flexibility index (Phi) is 5.94. The number of nitrogens with zero attached hydrogens (tertiary/aromatic N) is 1. The molecule has 0 aliphatic heterocycles. The fourth-order valence-electron chi connectivity index (χ4n) is 2.72. The van der Waals surface area contributed by atoms with Gasteiger partial charge in [0.1, 0.15) is 0 Å². The van der Waals surface area contributed by atoms with E-state index < -0.39 is 0 Å². The monoisotopic (exact) mass is 240 g/mol. The van der Waals surface area contributed by atoms with Gasteiger partial charge in [-0.1, -0.05) is 40.0 Å². The van der Waals surface area contributed by atoms with Crippen LogP contribution >= 0.6 is 0 Å². The van der Waals surface area contributed by atoms with E-state index in [9.17, 15) is 0 Å². The summed E-state index contributed by atoms with van der Waals surface area (Å²) < 4.78 is 0. The van der Waals surface area contributed by atoms with Gasteiger partial charge in [-0.2, -0.15) is 0 Å². The van der Waals surface area contributed by atoms with Gasteiger partial charge in [0.25, 0.3) is 0 Å². The number of hydrogen-bond donors (Lipinski definition) is 1. The molecule has 0 bridgehead atoms. The summed E-state index contributed by atoms with van der Waals surface area (Å²) in [6.45, 7) is 12.4. The third kappa shape index (κ3) is 4.97. The van der Waals surface area contributed by atoms with Crippen molar-refractivity contribution in [2.24, 2.45) is 17.1 Å². The Balaban J connectivity index is 2.44. The molecule has 0 saturated heterocycles. The van der Waals surface area contributed by atoms with Crippen molar-refractivity contribution in [3.05, 3.63) is 0 Å². The van der Waals surface area contributed by atoms with Gasteiger partial charge >= 0.3 is 0 Å². The van der Waals surface area contributed by atoms with Crippen LogP contribution in [0.2, 0.25) is 0 Å². The number of hydrogen-bond acceptors (Lipinski definition) is 2. The van der Waals surface area contributed by atoms with Crippen molar-refractivity contribution in [2.75, 3.05) is 19.6 Å². The largest absolute Gasteiger partial charge is 0.330 e. The van der Waals surface area contributed by atoms with E-state index in [0.717, 1.165) is 25.0 Å². The summed E-state index contributed by atoms with van der Waals surface area (Å²) >= 11 is 0. The van der Waals surface area contributed by atoms with Crippen LogP contribution in [0.5, 0.6) is 0 Å². The van der Waals surface area contributed by atoms with Gasteiger partial charge in [-0.3, -0.25) is 0 Å². The van der Waals surface area contributed by atoms with E-state index in [1.807, 2.05) is 0 Å². The molecule has 2 nitrogen and oxygen atoms in total. The third-order valence-corrected chi connectivity index (χ3v) is 4.22. The van der Waals surface area contributed by atoms with Crippen LogP contribution in [0.1, 0.15) is 59.8 Å². The van der Waals surface area contributed by atoms with Crippen LogP contribution in [0, 0.1) is 11.3 Å². The standard InChI is InChI=1S/C15H32N2/c1-5-9-17(12-15(3,4)11-16)13(2)10-14-7-6-8-14/h13-14H,5-12,16H2,1-4H3. The Morgan fingerprint density at radius 3 is 2.41 bits per heavy atom. The van der Waals surface area contributed by atoms with E-state index >= 15 is 0 Å². The van der Waals surface area contributed by atoms with Crippen molar-refractivity contribution in [2.45, 2.75) is 65.8 Å². The minimum absolute atomic E-state index is 0.253. The lowest BCUT2D eigenvalue weighted by atomic mass is 9.80. The van der Waals surface area contributed by atoms with Crippen LogP contribution in [-0.2, 0) is 0 Å². The zero-order chi connectivity index (χ0) is 12.9. The fourth-order valence-corrected chi connectivity index (χ4v) is 2.72. The molecule has 0 spiro atoms. The molecule has 0 aromatic rings. The van der Waals surface area contributed by atoms with Crippen LogP contribution in [0.15, 0.2) is 0 Å². The van der Waals surface area contributed by atoms with Crippen LogP contribution < -0.4 is 5.73 Å². The van der Waals surface area contributed by atoms with Crippen molar-refractivity contribution >= 4 is 0 Å². The minimum Gasteiger partial charge on any atom is -0.330 e. The predicted octanol–water partition coefficient (Wildman–Crippen LogP) is 3.26. The van der Waals surface area contributed by atoms with Crippen LogP contribution in [-0.4, -0.2) is 30.6 Å². The Morgan fingerprint density at radius 1 is 1.35 bits per heavy atom. The molecular formula is C15H32N2. The van der Waals surface area contributed by atoms with E-state index in [1.54, 1.807) is 0 Å². The highest BCUT2D eigenvalue weighted by atomic mass is 15.2. The predicted molar refractivity (Wildman–Crippen MR) is 76.1 cm³/mol. The third-order valence-electron chi connectivity index (χ3n) is 4.22. The number of rotatable bonds is 8. The Hall–Kier alpha value is -0.0800. The van der Waals surface area contributed by atoms with Gasteiger partial charge in [0, 0.05) is 12.6 Å². The first kappa shape index (κ1) is 15.0. The first-order chi connectivity index (χ1) is 7.98. The maximum Gasteiger partial charge on any atom is 0.00698 e. The quantitative estimate of drug-likeness (QED) is 0.705. The first-order valence-electron chi connectivity index (χ1n) is 7.42.